The number of nitrogens with zero attached hydrogens (tertiary/aromatic N) is 2. The molecule has 0 atom stereocenters. The van der Waals surface area contributed by atoms with Gasteiger partial charge in [-0.15, -0.1) is 0 Å². The highest BCUT2D eigenvalue weighted by molar-refractivity contribution is 5.66. The number of nitrogens with two attached hydrogens (primary N) is 1. The lowest BCUT2D eigenvalue weighted by Gasteiger charge is -2.15. The first-order valence-corrected chi connectivity index (χ1v) is 7.35. The van der Waals surface area contributed by atoms with Crippen LogP contribution in [0.15, 0.2) is 18.0 Å². The minimum atomic E-state index is 0.0486. The summed E-state index contributed by atoms with van der Waals surface area (Å²) in [4.78, 5) is 8.25. The summed E-state index contributed by atoms with van der Waals surface area (Å²) < 4.78 is 5.55. The summed E-state index contributed by atoms with van der Waals surface area (Å²) >= 11 is 0. The minimum Gasteiger partial charge on any atom is -0.473 e. The Hall–Kier alpha value is -1.78. The lowest BCUT2D eigenvalue weighted by atomic mass is 9.97. The molecule has 3 N–H and O–H groups in total. The average Bonchev–Trinajstić information content (AvgIpc) is 2.43. The van der Waals surface area contributed by atoms with E-state index in [0.29, 0.717) is 17.4 Å². The number of aromatic nitrogens is 2. The number of hydrogen-bond donors (Lipinski definition) is 2. The van der Waals surface area contributed by atoms with Crippen molar-refractivity contribution in [3.63, 3.8) is 0 Å². The van der Waals surface area contributed by atoms with Gasteiger partial charge in [0.15, 0.2) is 5.82 Å². The Kier molecular flexibility index (Phi) is 5.21. The molecule has 0 saturated heterocycles. The maximum absolute atomic E-state index is 6.02. The van der Waals surface area contributed by atoms with E-state index in [-0.39, 0.29) is 6.10 Å². The number of allylic oxidation sites excluding steroid dienone is 1. The molecule has 5 heteroatoms. The molecule has 0 amide bonds. The van der Waals surface area contributed by atoms with Gasteiger partial charge in [-0.1, -0.05) is 11.6 Å². The van der Waals surface area contributed by atoms with Gasteiger partial charge in [0, 0.05) is 6.54 Å². The zero-order chi connectivity index (χ0) is 14.4. The maximum Gasteiger partial charge on any atom is 0.242 e. The molecule has 0 fully saturated rings. The van der Waals surface area contributed by atoms with Crippen molar-refractivity contribution in [2.24, 2.45) is 0 Å². The molecule has 0 unspecified atom stereocenters. The largest absolute Gasteiger partial charge is 0.473 e. The van der Waals surface area contributed by atoms with Gasteiger partial charge in [0.1, 0.15) is 12.0 Å². The molecule has 0 spiro atoms. The van der Waals surface area contributed by atoms with E-state index < -0.39 is 0 Å². The molecule has 0 radical (unpaired) electrons. The number of anilines is 2. The molecular formula is C15H24N4O. The van der Waals surface area contributed by atoms with Crippen LogP contribution in [-0.2, 0) is 0 Å². The molecule has 2 rings (SSSR count). The monoisotopic (exact) mass is 276 g/mol. The molecule has 0 saturated carbocycles. The standard InChI is InChI=1S/C15H24N4O/c1-11(2)20-15-13(16)14(18-10-19-15)17-9-8-12-6-4-3-5-7-12/h6,10-11H,3-5,7-9,16H2,1-2H3,(H,17,18,19). The van der Waals surface area contributed by atoms with Crippen molar-refractivity contribution >= 4 is 11.5 Å². The number of nitrogens with one attached hydrogen (secondary N) is 1. The topological polar surface area (TPSA) is 73.1 Å². The van der Waals surface area contributed by atoms with Crippen molar-refractivity contribution in [2.75, 3.05) is 17.6 Å². The summed E-state index contributed by atoms with van der Waals surface area (Å²) in [6.07, 6.45) is 10.0. The average molecular weight is 276 g/mol. The molecule has 1 aliphatic carbocycles. The zero-order valence-corrected chi connectivity index (χ0v) is 12.4. The third-order valence-electron chi connectivity index (χ3n) is 3.32. The molecule has 1 aromatic rings. The fourth-order valence-electron chi connectivity index (χ4n) is 2.31. The first-order valence-electron chi connectivity index (χ1n) is 7.35. The van der Waals surface area contributed by atoms with Crippen LogP contribution in [0.25, 0.3) is 0 Å². The van der Waals surface area contributed by atoms with E-state index in [1.807, 2.05) is 13.8 Å². The highest BCUT2D eigenvalue weighted by Gasteiger charge is 2.10. The Morgan fingerprint density at radius 2 is 2.20 bits per heavy atom. The second-order valence-corrected chi connectivity index (χ2v) is 5.39. The Bertz CT molecular complexity index is 471. The van der Waals surface area contributed by atoms with Crippen LogP contribution in [0.5, 0.6) is 5.88 Å². The molecule has 0 aromatic carbocycles. The third-order valence-corrected chi connectivity index (χ3v) is 3.32. The quantitative estimate of drug-likeness (QED) is 0.781. The van der Waals surface area contributed by atoms with Crippen molar-refractivity contribution in [1.82, 2.24) is 9.97 Å². The van der Waals surface area contributed by atoms with Crippen LogP contribution in [0.1, 0.15) is 46.0 Å². The van der Waals surface area contributed by atoms with Crippen molar-refractivity contribution in [1.29, 1.82) is 0 Å². The summed E-state index contributed by atoms with van der Waals surface area (Å²) in [5, 5.41) is 3.28. The van der Waals surface area contributed by atoms with Crippen molar-refractivity contribution in [3.05, 3.63) is 18.0 Å². The van der Waals surface area contributed by atoms with E-state index in [9.17, 15) is 0 Å². The maximum atomic E-state index is 6.02. The molecule has 110 valence electrons. The van der Waals surface area contributed by atoms with Crippen LogP contribution in [0.4, 0.5) is 11.5 Å². The summed E-state index contributed by atoms with van der Waals surface area (Å²) in [6.45, 7) is 4.74. The predicted octanol–water partition coefficient (Wildman–Crippen LogP) is 3.15. The molecule has 1 aliphatic rings. The third kappa shape index (κ3) is 4.11. The van der Waals surface area contributed by atoms with E-state index >= 15 is 0 Å². The number of rotatable bonds is 6. The van der Waals surface area contributed by atoms with Crippen molar-refractivity contribution in [3.8, 4) is 5.88 Å². The van der Waals surface area contributed by atoms with E-state index in [1.165, 1.54) is 37.6 Å². The zero-order valence-electron chi connectivity index (χ0n) is 12.4. The fraction of sp³-hybridized carbons (Fsp3) is 0.600. The van der Waals surface area contributed by atoms with Gasteiger partial charge in [0.25, 0.3) is 0 Å². The number of ether oxygens (including phenoxy) is 1. The van der Waals surface area contributed by atoms with Gasteiger partial charge in [-0.25, -0.2) is 4.98 Å². The first kappa shape index (κ1) is 14.6. The number of hydrogen-bond acceptors (Lipinski definition) is 5. The summed E-state index contributed by atoms with van der Waals surface area (Å²) in [7, 11) is 0. The molecule has 5 nitrogen and oxygen atoms in total. The van der Waals surface area contributed by atoms with Gasteiger partial charge >= 0.3 is 0 Å². The lowest BCUT2D eigenvalue weighted by molar-refractivity contribution is 0.234. The van der Waals surface area contributed by atoms with Crippen LogP contribution in [-0.4, -0.2) is 22.6 Å². The Morgan fingerprint density at radius 1 is 1.35 bits per heavy atom. The molecule has 1 heterocycles. The van der Waals surface area contributed by atoms with Crippen LogP contribution in [0.3, 0.4) is 0 Å². The van der Waals surface area contributed by atoms with E-state index in [1.54, 1.807) is 0 Å². The van der Waals surface area contributed by atoms with Crippen LogP contribution >= 0.6 is 0 Å². The van der Waals surface area contributed by atoms with Gasteiger partial charge < -0.3 is 15.8 Å². The Balaban J connectivity index is 1.90. The highest BCUT2D eigenvalue weighted by Crippen LogP contribution is 2.26. The van der Waals surface area contributed by atoms with Gasteiger partial charge in [-0.2, -0.15) is 4.98 Å². The SMILES string of the molecule is CC(C)Oc1ncnc(NCCC2=CCCCC2)c1N. The minimum absolute atomic E-state index is 0.0486. The van der Waals surface area contributed by atoms with Gasteiger partial charge in [0.2, 0.25) is 5.88 Å². The Labute approximate surface area is 120 Å². The molecule has 0 aliphatic heterocycles. The van der Waals surface area contributed by atoms with E-state index in [0.717, 1.165) is 13.0 Å². The van der Waals surface area contributed by atoms with Crippen LogP contribution in [0, 0.1) is 0 Å². The fourth-order valence-corrected chi connectivity index (χ4v) is 2.31. The highest BCUT2D eigenvalue weighted by atomic mass is 16.5. The second kappa shape index (κ2) is 7.12. The lowest BCUT2D eigenvalue weighted by Crippen LogP contribution is -2.12. The predicted molar refractivity (Wildman–Crippen MR) is 81.9 cm³/mol. The van der Waals surface area contributed by atoms with E-state index in [2.05, 4.69) is 21.4 Å². The molecule has 0 bridgehead atoms. The van der Waals surface area contributed by atoms with Gasteiger partial charge in [-0.3, -0.25) is 0 Å². The molecule has 20 heavy (non-hydrogen) atoms. The summed E-state index contributed by atoms with van der Waals surface area (Å²) in [5.41, 5.74) is 8.05. The van der Waals surface area contributed by atoms with Gasteiger partial charge in [0.05, 0.1) is 6.10 Å². The normalized spacial score (nSPS) is 15.1. The van der Waals surface area contributed by atoms with Crippen LogP contribution in [0.2, 0.25) is 0 Å². The second-order valence-electron chi connectivity index (χ2n) is 5.39. The molecular weight excluding hydrogens is 252 g/mol. The van der Waals surface area contributed by atoms with Crippen LogP contribution < -0.4 is 15.8 Å². The van der Waals surface area contributed by atoms with E-state index in [4.69, 9.17) is 10.5 Å². The number of nitrogen functional groups attached to an aromatic ring is 1. The van der Waals surface area contributed by atoms with Crippen molar-refractivity contribution < 1.29 is 4.74 Å². The van der Waals surface area contributed by atoms with Gasteiger partial charge in [-0.05, 0) is 46.0 Å². The summed E-state index contributed by atoms with van der Waals surface area (Å²) in [5.74, 6) is 1.11. The van der Waals surface area contributed by atoms with Crippen molar-refractivity contribution in [2.45, 2.75) is 52.1 Å². The molecule has 1 aromatic heterocycles. The smallest absolute Gasteiger partial charge is 0.242 e. The summed E-state index contributed by atoms with van der Waals surface area (Å²) in [6, 6.07) is 0. The first-order chi connectivity index (χ1) is 9.66. The Morgan fingerprint density at radius 3 is 2.90 bits per heavy atom.